The zero-order valence-electron chi connectivity index (χ0n) is 15.7. The van der Waals surface area contributed by atoms with Gasteiger partial charge >= 0.3 is 0 Å². The molecule has 1 aromatic rings. The SMILES string of the molecule is CN=C(NCCCS(=O)(=O)c1ccccc1)N1CCSC(C(C)C)C1.I. The number of sulfone groups is 1. The molecular formula is C18H30IN3O2S2. The third-order valence-electron chi connectivity index (χ3n) is 4.32. The van der Waals surface area contributed by atoms with Crippen LogP contribution in [-0.2, 0) is 9.84 Å². The van der Waals surface area contributed by atoms with Crippen molar-refractivity contribution in [1.29, 1.82) is 0 Å². The highest BCUT2D eigenvalue weighted by Crippen LogP contribution is 2.24. The smallest absolute Gasteiger partial charge is 0.193 e. The molecule has 1 aliphatic rings. The number of nitrogens with one attached hydrogen (secondary N) is 1. The Balaban J connectivity index is 0.00000338. The highest BCUT2D eigenvalue weighted by molar-refractivity contribution is 14.0. The third kappa shape index (κ3) is 6.92. The molecule has 0 bridgehead atoms. The van der Waals surface area contributed by atoms with E-state index >= 15 is 0 Å². The van der Waals surface area contributed by atoms with Gasteiger partial charge in [-0.25, -0.2) is 8.42 Å². The minimum Gasteiger partial charge on any atom is -0.356 e. The molecule has 2 rings (SSSR count). The summed E-state index contributed by atoms with van der Waals surface area (Å²) in [5.74, 6) is 2.77. The lowest BCUT2D eigenvalue weighted by Crippen LogP contribution is -2.49. The van der Waals surface area contributed by atoms with Crippen LogP contribution in [0.25, 0.3) is 0 Å². The van der Waals surface area contributed by atoms with E-state index in [9.17, 15) is 8.42 Å². The molecule has 1 unspecified atom stereocenters. The zero-order valence-corrected chi connectivity index (χ0v) is 19.7. The molecule has 1 saturated heterocycles. The largest absolute Gasteiger partial charge is 0.356 e. The van der Waals surface area contributed by atoms with Crippen molar-refractivity contribution in [1.82, 2.24) is 10.2 Å². The lowest BCUT2D eigenvalue weighted by Gasteiger charge is -2.36. The van der Waals surface area contributed by atoms with Crippen LogP contribution in [0.15, 0.2) is 40.2 Å². The van der Waals surface area contributed by atoms with Crippen LogP contribution in [0, 0.1) is 5.92 Å². The molecule has 0 saturated carbocycles. The summed E-state index contributed by atoms with van der Waals surface area (Å²) < 4.78 is 24.6. The Kier molecular flexibility index (Phi) is 10.3. The predicted octanol–water partition coefficient (Wildman–Crippen LogP) is 3.12. The standard InChI is InChI=1S/C18H29N3O2S2.HI/c1-15(2)17-14-21(11-12-24-17)18(19-3)20-10-7-13-25(22,23)16-8-5-4-6-9-16;/h4-6,8-9,15,17H,7,10-14H2,1-3H3,(H,19,20);1H. The minimum absolute atomic E-state index is 0. The van der Waals surface area contributed by atoms with Crippen LogP contribution in [0.4, 0.5) is 0 Å². The number of aliphatic imine (C=N–C) groups is 1. The van der Waals surface area contributed by atoms with Crippen molar-refractivity contribution in [3.8, 4) is 0 Å². The first kappa shape index (κ1) is 23.6. The molecule has 1 heterocycles. The summed E-state index contributed by atoms with van der Waals surface area (Å²) in [5.41, 5.74) is 0. The van der Waals surface area contributed by atoms with Crippen molar-refractivity contribution >= 4 is 51.5 Å². The molecular weight excluding hydrogens is 481 g/mol. The van der Waals surface area contributed by atoms with Gasteiger partial charge in [0.2, 0.25) is 0 Å². The van der Waals surface area contributed by atoms with Gasteiger partial charge in [-0.05, 0) is 24.5 Å². The van der Waals surface area contributed by atoms with E-state index in [1.54, 1.807) is 31.3 Å². The first-order chi connectivity index (χ1) is 11.9. The number of guanidine groups is 1. The van der Waals surface area contributed by atoms with E-state index in [0.29, 0.717) is 29.0 Å². The molecule has 26 heavy (non-hydrogen) atoms. The van der Waals surface area contributed by atoms with Crippen molar-refractivity contribution in [3.63, 3.8) is 0 Å². The molecule has 1 aromatic carbocycles. The van der Waals surface area contributed by atoms with Gasteiger partial charge in [0.1, 0.15) is 0 Å². The number of rotatable bonds is 6. The molecule has 5 nitrogen and oxygen atoms in total. The third-order valence-corrected chi connectivity index (χ3v) is 7.68. The normalized spacial score (nSPS) is 18.5. The first-order valence-electron chi connectivity index (χ1n) is 8.79. The van der Waals surface area contributed by atoms with Crippen LogP contribution in [0.1, 0.15) is 20.3 Å². The number of hydrogen-bond acceptors (Lipinski definition) is 4. The number of halogens is 1. The van der Waals surface area contributed by atoms with Crippen LogP contribution >= 0.6 is 35.7 Å². The van der Waals surface area contributed by atoms with E-state index in [1.807, 2.05) is 17.8 Å². The van der Waals surface area contributed by atoms with Gasteiger partial charge in [0, 0.05) is 37.7 Å². The van der Waals surface area contributed by atoms with Gasteiger partial charge in [-0.2, -0.15) is 11.8 Å². The van der Waals surface area contributed by atoms with E-state index in [4.69, 9.17) is 0 Å². The summed E-state index contributed by atoms with van der Waals surface area (Å²) in [6.45, 7) is 7.09. The summed E-state index contributed by atoms with van der Waals surface area (Å²) in [6, 6.07) is 8.64. The number of thioether (sulfide) groups is 1. The minimum atomic E-state index is -3.21. The number of benzene rings is 1. The van der Waals surface area contributed by atoms with Crippen LogP contribution < -0.4 is 5.32 Å². The van der Waals surface area contributed by atoms with Crippen molar-refractivity contribution in [2.75, 3.05) is 38.2 Å². The molecule has 148 valence electrons. The molecule has 1 aliphatic heterocycles. The zero-order chi connectivity index (χ0) is 18.3. The quantitative estimate of drug-likeness (QED) is 0.275. The second-order valence-electron chi connectivity index (χ2n) is 6.56. The van der Waals surface area contributed by atoms with Gasteiger partial charge < -0.3 is 10.2 Å². The van der Waals surface area contributed by atoms with E-state index in [1.165, 1.54) is 0 Å². The molecule has 0 aliphatic carbocycles. The maximum Gasteiger partial charge on any atom is 0.193 e. The molecule has 8 heteroatoms. The molecule has 1 N–H and O–H groups in total. The summed E-state index contributed by atoms with van der Waals surface area (Å²) in [5, 5.41) is 3.94. The van der Waals surface area contributed by atoms with Crippen molar-refractivity contribution < 1.29 is 8.42 Å². The maximum absolute atomic E-state index is 12.3. The molecule has 1 fully saturated rings. The molecule has 0 amide bonds. The van der Waals surface area contributed by atoms with Gasteiger partial charge in [-0.15, -0.1) is 24.0 Å². The molecule has 0 spiro atoms. The summed E-state index contributed by atoms with van der Waals surface area (Å²) in [4.78, 5) is 7.05. The van der Waals surface area contributed by atoms with Crippen LogP contribution in [-0.4, -0.2) is 62.7 Å². The Labute approximate surface area is 179 Å². The van der Waals surface area contributed by atoms with Gasteiger partial charge in [-0.3, -0.25) is 4.99 Å². The van der Waals surface area contributed by atoms with E-state index < -0.39 is 9.84 Å². The van der Waals surface area contributed by atoms with Crippen LogP contribution in [0.5, 0.6) is 0 Å². The highest BCUT2D eigenvalue weighted by Gasteiger charge is 2.24. The fourth-order valence-electron chi connectivity index (χ4n) is 2.81. The van der Waals surface area contributed by atoms with Crippen molar-refractivity contribution in [2.24, 2.45) is 10.9 Å². The first-order valence-corrected chi connectivity index (χ1v) is 11.5. The molecule has 1 atom stereocenters. The number of nitrogens with zero attached hydrogens (tertiary/aromatic N) is 2. The summed E-state index contributed by atoms with van der Waals surface area (Å²) in [7, 11) is -1.42. The summed E-state index contributed by atoms with van der Waals surface area (Å²) in [6.07, 6.45) is 0.562. The van der Waals surface area contributed by atoms with Crippen LogP contribution in [0.2, 0.25) is 0 Å². The van der Waals surface area contributed by atoms with E-state index in [0.717, 1.165) is 24.8 Å². The highest BCUT2D eigenvalue weighted by atomic mass is 127. The summed E-state index contributed by atoms with van der Waals surface area (Å²) >= 11 is 2.03. The average Bonchev–Trinajstić information content (AvgIpc) is 2.62. The van der Waals surface area contributed by atoms with Gasteiger partial charge in [0.05, 0.1) is 10.6 Å². The number of hydrogen-bond donors (Lipinski definition) is 1. The van der Waals surface area contributed by atoms with Gasteiger partial charge in [0.15, 0.2) is 15.8 Å². The maximum atomic E-state index is 12.3. The Morgan fingerprint density at radius 3 is 2.65 bits per heavy atom. The monoisotopic (exact) mass is 511 g/mol. The van der Waals surface area contributed by atoms with Crippen molar-refractivity contribution in [3.05, 3.63) is 30.3 Å². The lowest BCUT2D eigenvalue weighted by molar-refractivity contribution is 0.381. The van der Waals surface area contributed by atoms with E-state index in [-0.39, 0.29) is 29.7 Å². The second kappa shape index (κ2) is 11.4. The Hall–Kier alpha value is -0.480. The lowest BCUT2D eigenvalue weighted by atomic mass is 10.1. The second-order valence-corrected chi connectivity index (χ2v) is 10.0. The van der Waals surface area contributed by atoms with E-state index in [2.05, 4.69) is 29.1 Å². The van der Waals surface area contributed by atoms with Crippen molar-refractivity contribution in [2.45, 2.75) is 30.4 Å². The Bertz CT molecular complexity index is 666. The fraction of sp³-hybridized carbons (Fsp3) is 0.611. The predicted molar refractivity (Wildman–Crippen MR) is 123 cm³/mol. The van der Waals surface area contributed by atoms with Gasteiger partial charge in [-0.1, -0.05) is 32.0 Å². The Morgan fingerprint density at radius 1 is 1.35 bits per heavy atom. The molecule has 0 aromatic heterocycles. The fourth-order valence-corrected chi connectivity index (χ4v) is 5.44. The molecule has 0 radical (unpaired) electrons. The topological polar surface area (TPSA) is 61.8 Å². The van der Waals surface area contributed by atoms with Gasteiger partial charge in [0.25, 0.3) is 0 Å². The average molecular weight is 511 g/mol. The Morgan fingerprint density at radius 2 is 2.04 bits per heavy atom. The van der Waals surface area contributed by atoms with Crippen LogP contribution in [0.3, 0.4) is 0 Å².